The van der Waals surface area contributed by atoms with Crippen LogP contribution in [0, 0.1) is 0 Å². The van der Waals surface area contributed by atoms with E-state index in [0.29, 0.717) is 5.69 Å². The molecule has 4 nitrogen and oxygen atoms in total. The Hall–Kier alpha value is -1.11. The van der Waals surface area contributed by atoms with E-state index in [1.807, 2.05) is 36.4 Å². The summed E-state index contributed by atoms with van der Waals surface area (Å²) in [6.45, 7) is 0.104. The maximum atomic E-state index is 12.0. The van der Waals surface area contributed by atoms with E-state index in [-0.39, 0.29) is 18.9 Å². The van der Waals surface area contributed by atoms with Crippen LogP contribution in [0.2, 0.25) is 0 Å². The number of halogens is 2. The smallest absolute Gasteiger partial charge is 0.237 e. The Balaban J connectivity index is 1.97. The third-order valence-corrected chi connectivity index (χ3v) is 5.95. The Bertz CT molecular complexity index is 837. The Morgan fingerprint density at radius 2 is 1.81 bits per heavy atom. The summed E-state index contributed by atoms with van der Waals surface area (Å²) in [5.41, 5.74) is 0.692. The molecule has 110 valence electrons. The van der Waals surface area contributed by atoms with Crippen molar-refractivity contribution < 1.29 is 13.2 Å². The molecule has 2 aromatic carbocycles. The van der Waals surface area contributed by atoms with Crippen molar-refractivity contribution in [3.05, 3.63) is 40.9 Å². The number of rotatable bonds is 2. The van der Waals surface area contributed by atoms with Gasteiger partial charge in [0.25, 0.3) is 0 Å². The third-order valence-electron chi connectivity index (χ3n) is 3.59. The van der Waals surface area contributed by atoms with Gasteiger partial charge in [-0.05, 0) is 35.0 Å². The van der Waals surface area contributed by atoms with Crippen molar-refractivity contribution in [1.82, 2.24) is 0 Å². The van der Waals surface area contributed by atoms with Gasteiger partial charge in [0.2, 0.25) is 15.0 Å². The van der Waals surface area contributed by atoms with E-state index in [9.17, 15) is 13.2 Å². The molecule has 1 atom stereocenters. The van der Waals surface area contributed by atoms with Gasteiger partial charge in [0.05, 0.1) is 0 Å². The molecular weight excluding hydrogens is 378 g/mol. The number of anilines is 1. The molecule has 1 aliphatic rings. The molecule has 0 aromatic heterocycles. The lowest BCUT2D eigenvalue weighted by Crippen LogP contribution is -2.26. The quantitative estimate of drug-likeness (QED) is 0.742. The van der Waals surface area contributed by atoms with Crippen LogP contribution < -0.4 is 4.90 Å². The van der Waals surface area contributed by atoms with Gasteiger partial charge in [-0.25, -0.2) is 8.42 Å². The van der Waals surface area contributed by atoms with Crippen molar-refractivity contribution in [3.8, 4) is 0 Å². The van der Waals surface area contributed by atoms with Gasteiger partial charge in [-0.15, -0.1) is 0 Å². The van der Waals surface area contributed by atoms with E-state index < -0.39 is 14.3 Å². The van der Waals surface area contributed by atoms with Crippen molar-refractivity contribution in [1.29, 1.82) is 0 Å². The van der Waals surface area contributed by atoms with Gasteiger partial charge in [0.15, 0.2) is 0 Å². The molecule has 3 rings (SSSR count). The second-order valence-corrected chi connectivity index (χ2v) is 8.81. The van der Waals surface area contributed by atoms with Gasteiger partial charge >= 0.3 is 0 Å². The maximum absolute atomic E-state index is 12.0. The highest BCUT2D eigenvalue weighted by molar-refractivity contribution is 9.10. The number of carbonyl (C=O) groups is 1. The van der Waals surface area contributed by atoms with E-state index in [4.69, 9.17) is 10.7 Å². The SMILES string of the molecule is O=C1CC(S(=O)(=O)Cl)CN1c1ccc2cc(Br)ccc2c1. The minimum Gasteiger partial charge on any atom is -0.311 e. The standard InChI is InChI=1S/C14H11BrClNO3S/c15-11-3-1-10-6-12(4-2-9(10)5-11)17-8-13(7-14(17)18)21(16,19)20/h1-6,13H,7-8H2. The summed E-state index contributed by atoms with van der Waals surface area (Å²) in [5.74, 6) is -0.222. The largest absolute Gasteiger partial charge is 0.311 e. The highest BCUT2D eigenvalue weighted by atomic mass is 79.9. The lowest BCUT2D eigenvalue weighted by Gasteiger charge is -2.17. The van der Waals surface area contributed by atoms with Crippen LogP contribution in [0.15, 0.2) is 40.9 Å². The van der Waals surface area contributed by atoms with Crippen LogP contribution >= 0.6 is 26.6 Å². The van der Waals surface area contributed by atoms with E-state index in [0.717, 1.165) is 15.2 Å². The maximum Gasteiger partial charge on any atom is 0.237 e. The molecule has 0 radical (unpaired) electrons. The average molecular weight is 389 g/mol. The summed E-state index contributed by atoms with van der Waals surface area (Å²) in [6.07, 6.45) is -0.0653. The van der Waals surface area contributed by atoms with Crippen LogP contribution in [0.5, 0.6) is 0 Å². The van der Waals surface area contributed by atoms with Crippen molar-refractivity contribution in [2.75, 3.05) is 11.4 Å². The van der Waals surface area contributed by atoms with E-state index >= 15 is 0 Å². The first-order valence-electron chi connectivity index (χ1n) is 6.28. The summed E-state index contributed by atoms with van der Waals surface area (Å²) in [6, 6.07) is 11.4. The van der Waals surface area contributed by atoms with E-state index in [1.54, 1.807) is 0 Å². The first kappa shape index (κ1) is 14.8. The minimum absolute atomic E-state index is 0.0653. The predicted octanol–water partition coefficient (Wildman–Crippen LogP) is 3.28. The Morgan fingerprint density at radius 1 is 1.14 bits per heavy atom. The highest BCUT2D eigenvalue weighted by Gasteiger charge is 2.37. The van der Waals surface area contributed by atoms with Gasteiger partial charge < -0.3 is 4.90 Å². The molecule has 21 heavy (non-hydrogen) atoms. The topological polar surface area (TPSA) is 54.5 Å². The molecule has 1 amide bonds. The molecule has 0 N–H and O–H groups in total. The molecule has 1 unspecified atom stereocenters. The predicted molar refractivity (Wildman–Crippen MR) is 87.2 cm³/mol. The third kappa shape index (κ3) is 2.93. The molecule has 1 fully saturated rings. The van der Waals surface area contributed by atoms with Crippen LogP contribution in [0.3, 0.4) is 0 Å². The van der Waals surface area contributed by atoms with Crippen LogP contribution in [0.1, 0.15) is 6.42 Å². The van der Waals surface area contributed by atoms with Crippen LogP contribution in [-0.4, -0.2) is 26.1 Å². The molecule has 7 heteroatoms. The molecule has 0 spiro atoms. The fourth-order valence-corrected chi connectivity index (χ4v) is 3.89. The number of benzene rings is 2. The number of fused-ring (bicyclic) bond motifs is 1. The van der Waals surface area contributed by atoms with Gasteiger partial charge in [-0.1, -0.05) is 28.1 Å². The summed E-state index contributed by atoms with van der Waals surface area (Å²) in [5, 5.41) is 1.19. The van der Waals surface area contributed by atoms with Crippen molar-refractivity contribution >= 4 is 58.0 Å². The lowest BCUT2D eigenvalue weighted by atomic mass is 10.1. The van der Waals surface area contributed by atoms with Crippen LogP contribution in [-0.2, 0) is 13.8 Å². The molecule has 1 saturated heterocycles. The number of amides is 1. The first-order chi connectivity index (χ1) is 9.84. The molecule has 0 saturated carbocycles. The monoisotopic (exact) mass is 387 g/mol. The normalized spacial score (nSPS) is 19.4. The van der Waals surface area contributed by atoms with Gasteiger partial charge in [0.1, 0.15) is 5.25 Å². The number of nitrogens with zero attached hydrogens (tertiary/aromatic N) is 1. The number of carbonyl (C=O) groups excluding carboxylic acids is 1. The van der Waals surface area contributed by atoms with Gasteiger partial charge in [0, 0.05) is 33.8 Å². The average Bonchev–Trinajstić information content (AvgIpc) is 2.80. The van der Waals surface area contributed by atoms with Crippen LogP contribution in [0.4, 0.5) is 5.69 Å². The van der Waals surface area contributed by atoms with Crippen molar-refractivity contribution in [2.24, 2.45) is 0 Å². The summed E-state index contributed by atoms with van der Waals surface area (Å²) >= 11 is 3.41. The molecule has 1 aliphatic heterocycles. The molecular formula is C14H11BrClNO3S. The zero-order valence-corrected chi connectivity index (χ0v) is 14.0. The highest BCUT2D eigenvalue weighted by Crippen LogP contribution is 2.30. The molecule has 0 aliphatic carbocycles. The zero-order chi connectivity index (χ0) is 15.2. The Morgan fingerprint density at radius 3 is 2.48 bits per heavy atom. The summed E-state index contributed by atoms with van der Waals surface area (Å²) < 4.78 is 23.8. The minimum atomic E-state index is -3.72. The van der Waals surface area contributed by atoms with E-state index in [2.05, 4.69) is 15.9 Å². The van der Waals surface area contributed by atoms with Gasteiger partial charge in [-0.2, -0.15) is 0 Å². The second-order valence-electron chi connectivity index (χ2n) is 4.98. The second kappa shape index (κ2) is 5.26. The molecule has 2 aromatic rings. The summed E-state index contributed by atoms with van der Waals surface area (Å²) in [7, 11) is 1.64. The Kier molecular flexibility index (Phi) is 3.71. The zero-order valence-electron chi connectivity index (χ0n) is 10.8. The fraction of sp³-hybridized carbons (Fsp3) is 0.214. The lowest BCUT2D eigenvalue weighted by molar-refractivity contribution is -0.117. The van der Waals surface area contributed by atoms with Crippen molar-refractivity contribution in [3.63, 3.8) is 0 Å². The van der Waals surface area contributed by atoms with E-state index in [1.165, 1.54) is 4.90 Å². The fourth-order valence-electron chi connectivity index (χ4n) is 2.48. The van der Waals surface area contributed by atoms with Gasteiger partial charge in [-0.3, -0.25) is 4.79 Å². The summed E-state index contributed by atoms with van der Waals surface area (Å²) in [4.78, 5) is 13.5. The number of hydrogen-bond acceptors (Lipinski definition) is 3. The number of hydrogen-bond donors (Lipinski definition) is 0. The molecule has 0 bridgehead atoms. The molecule has 1 heterocycles. The Labute approximate surface area is 135 Å². The first-order valence-corrected chi connectivity index (χ1v) is 9.44. The van der Waals surface area contributed by atoms with Crippen LogP contribution in [0.25, 0.3) is 10.8 Å². The van der Waals surface area contributed by atoms with Crippen molar-refractivity contribution in [2.45, 2.75) is 11.7 Å².